The lowest BCUT2D eigenvalue weighted by Gasteiger charge is -2.27. The lowest BCUT2D eigenvalue weighted by atomic mass is 10.1. The minimum atomic E-state index is -4.45. The zero-order valence-electron chi connectivity index (χ0n) is 11.7. The highest BCUT2D eigenvalue weighted by Crippen LogP contribution is 2.37. The number of aromatic nitrogens is 4. The number of hydrogen-bond donors (Lipinski definition) is 0. The van der Waals surface area contributed by atoms with E-state index in [0.29, 0.717) is 19.1 Å². The first kappa shape index (κ1) is 13.5. The van der Waals surface area contributed by atoms with E-state index in [1.165, 1.54) is 18.5 Å². The van der Waals surface area contributed by atoms with Gasteiger partial charge in [-0.15, -0.1) is 0 Å². The molecule has 0 radical (unpaired) electrons. The fourth-order valence-electron chi connectivity index (χ4n) is 2.83. The van der Waals surface area contributed by atoms with Crippen LogP contribution in [0.5, 0.6) is 0 Å². The lowest BCUT2D eigenvalue weighted by molar-refractivity contribution is -0.141. The number of halogens is 3. The molecule has 0 aromatic carbocycles. The van der Waals surface area contributed by atoms with Crippen molar-refractivity contribution in [3.8, 4) is 0 Å². The smallest absolute Gasteiger partial charge is 0.334 e. The van der Waals surface area contributed by atoms with Gasteiger partial charge in [0.2, 0.25) is 5.95 Å². The predicted molar refractivity (Wildman–Crippen MR) is 72.3 cm³/mol. The second-order valence-corrected chi connectivity index (χ2v) is 5.69. The van der Waals surface area contributed by atoms with Crippen molar-refractivity contribution in [2.45, 2.75) is 38.0 Å². The summed E-state index contributed by atoms with van der Waals surface area (Å²) in [6, 6.07) is 1.45. The van der Waals surface area contributed by atoms with Gasteiger partial charge in [0.25, 0.3) is 0 Å². The summed E-state index contributed by atoms with van der Waals surface area (Å²) in [5.41, 5.74) is 1.21. The lowest BCUT2D eigenvalue weighted by Crippen LogP contribution is -2.33. The van der Waals surface area contributed by atoms with Crippen LogP contribution in [0.1, 0.15) is 36.0 Å². The van der Waals surface area contributed by atoms with E-state index in [1.807, 2.05) is 6.33 Å². The van der Waals surface area contributed by atoms with Crippen molar-refractivity contribution in [3.63, 3.8) is 0 Å². The molecule has 8 heteroatoms. The second kappa shape index (κ2) is 4.69. The number of rotatable bonds is 2. The van der Waals surface area contributed by atoms with Crippen LogP contribution < -0.4 is 4.90 Å². The fraction of sp³-hybridized carbons (Fsp3) is 0.500. The number of anilines is 1. The van der Waals surface area contributed by atoms with E-state index in [2.05, 4.69) is 19.5 Å². The molecule has 0 unspecified atom stereocenters. The van der Waals surface area contributed by atoms with Crippen molar-refractivity contribution >= 4 is 5.95 Å². The van der Waals surface area contributed by atoms with E-state index in [1.54, 1.807) is 4.90 Å². The fourth-order valence-corrected chi connectivity index (χ4v) is 2.83. The van der Waals surface area contributed by atoms with Crippen molar-refractivity contribution in [2.24, 2.45) is 0 Å². The Bertz CT molecular complexity index is 705. The molecule has 0 saturated heterocycles. The number of imidazole rings is 1. The number of nitrogens with zero attached hydrogens (tertiary/aromatic N) is 5. The second-order valence-electron chi connectivity index (χ2n) is 5.69. The molecule has 1 fully saturated rings. The molecule has 2 aromatic heterocycles. The highest BCUT2D eigenvalue weighted by Gasteiger charge is 2.34. The minimum Gasteiger partial charge on any atom is -0.334 e. The summed E-state index contributed by atoms with van der Waals surface area (Å²) in [6.45, 7) is 1.06. The van der Waals surface area contributed by atoms with E-state index in [0.717, 1.165) is 24.4 Å². The molecular weight excluding hydrogens is 295 g/mol. The zero-order chi connectivity index (χ0) is 15.3. The Morgan fingerprint density at radius 2 is 2.00 bits per heavy atom. The molecule has 0 atom stereocenters. The highest BCUT2D eigenvalue weighted by molar-refractivity contribution is 5.36. The minimum absolute atomic E-state index is 0.112. The monoisotopic (exact) mass is 309 g/mol. The van der Waals surface area contributed by atoms with Crippen molar-refractivity contribution in [3.05, 3.63) is 35.7 Å². The van der Waals surface area contributed by atoms with E-state index in [4.69, 9.17) is 0 Å². The quantitative estimate of drug-likeness (QED) is 0.855. The van der Waals surface area contributed by atoms with Gasteiger partial charge in [0.05, 0.1) is 18.6 Å². The van der Waals surface area contributed by atoms with Crippen LogP contribution in [0.25, 0.3) is 0 Å². The number of fused-ring (bicyclic) bond motifs is 1. The SMILES string of the molecule is FC(F)(F)c1ccnc(N2CCc3c(ncn3C3CC3)C2)n1. The number of alkyl halides is 3. The van der Waals surface area contributed by atoms with Gasteiger partial charge in [0.15, 0.2) is 0 Å². The van der Waals surface area contributed by atoms with E-state index in [-0.39, 0.29) is 5.95 Å². The maximum Gasteiger partial charge on any atom is 0.433 e. The highest BCUT2D eigenvalue weighted by atomic mass is 19.4. The molecular formula is C14H14F3N5. The Morgan fingerprint density at radius 1 is 1.18 bits per heavy atom. The van der Waals surface area contributed by atoms with Gasteiger partial charge in [-0.1, -0.05) is 0 Å². The van der Waals surface area contributed by atoms with Crippen molar-refractivity contribution in [1.29, 1.82) is 0 Å². The largest absolute Gasteiger partial charge is 0.433 e. The average Bonchev–Trinajstić information content (AvgIpc) is 3.26. The van der Waals surface area contributed by atoms with Gasteiger partial charge in [-0.05, 0) is 18.9 Å². The van der Waals surface area contributed by atoms with Crippen molar-refractivity contribution < 1.29 is 13.2 Å². The van der Waals surface area contributed by atoms with Crippen LogP contribution in [0.15, 0.2) is 18.6 Å². The standard InChI is InChI=1S/C14H14F3N5/c15-14(16,17)12-3-5-18-13(20-12)21-6-4-11-10(7-21)19-8-22(11)9-1-2-9/h3,5,8-9H,1-2,4,6-7H2. The zero-order valence-corrected chi connectivity index (χ0v) is 11.7. The van der Waals surface area contributed by atoms with Gasteiger partial charge in [0.1, 0.15) is 5.69 Å². The summed E-state index contributed by atoms with van der Waals surface area (Å²) in [5.74, 6) is 0.112. The van der Waals surface area contributed by atoms with Crippen LogP contribution in [-0.2, 0) is 19.1 Å². The van der Waals surface area contributed by atoms with Gasteiger partial charge in [-0.2, -0.15) is 13.2 Å². The summed E-state index contributed by atoms with van der Waals surface area (Å²) >= 11 is 0. The van der Waals surface area contributed by atoms with Crippen LogP contribution in [0.2, 0.25) is 0 Å². The molecule has 0 N–H and O–H groups in total. The molecule has 116 valence electrons. The van der Waals surface area contributed by atoms with E-state index >= 15 is 0 Å². The first-order chi connectivity index (χ1) is 10.5. The van der Waals surface area contributed by atoms with Crippen molar-refractivity contribution in [2.75, 3.05) is 11.4 Å². The normalized spacial score (nSPS) is 18.4. The molecule has 5 nitrogen and oxygen atoms in total. The summed E-state index contributed by atoms with van der Waals surface area (Å²) in [7, 11) is 0. The topological polar surface area (TPSA) is 46.8 Å². The molecule has 0 bridgehead atoms. The third kappa shape index (κ3) is 2.32. The Labute approximate surface area is 124 Å². The molecule has 1 aliphatic carbocycles. The number of hydrogen-bond acceptors (Lipinski definition) is 4. The molecule has 0 amide bonds. The van der Waals surface area contributed by atoms with Crippen molar-refractivity contribution in [1.82, 2.24) is 19.5 Å². The van der Waals surface area contributed by atoms with Crippen LogP contribution >= 0.6 is 0 Å². The summed E-state index contributed by atoms with van der Waals surface area (Å²) < 4.78 is 40.5. The third-order valence-electron chi connectivity index (χ3n) is 4.10. The van der Waals surface area contributed by atoms with Crippen LogP contribution in [0.3, 0.4) is 0 Å². The molecule has 1 aliphatic heterocycles. The Kier molecular flexibility index (Phi) is 2.88. The van der Waals surface area contributed by atoms with Crippen LogP contribution in [0, 0.1) is 0 Å². The molecule has 22 heavy (non-hydrogen) atoms. The molecule has 2 aliphatic rings. The van der Waals surface area contributed by atoms with Gasteiger partial charge in [-0.25, -0.2) is 15.0 Å². The molecule has 1 saturated carbocycles. The maximum atomic E-state index is 12.7. The van der Waals surface area contributed by atoms with Gasteiger partial charge in [-0.3, -0.25) is 0 Å². The summed E-state index contributed by atoms with van der Waals surface area (Å²) in [5, 5.41) is 0. The third-order valence-corrected chi connectivity index (χ3v) is 4.10. The maximum absolute atomic E-state index is 12.7. The van der Waals surface area contributed by atoms with Crippen LogP contribution in [0.4, 0.5) is 19.1 Å². The average molecular weight is 309 g/mol. The van der Waals surface area contributed by atoms with Crippen LogP contribution in [-0.4, -0.2) is 26.1 Å². The molecule has 3 heterocycles. The molecule has 2 aromatic rings. The molecule has 0 spiro atoms. The summed E-state index contributed by atoms with van der Waals surface area (Å²) in [6.07, 6.45) is 1.67. The Morgan fingerprint density at radius 3 is 2.73 bits per heavy atom. The Balaban J connectivity index is 1.59. The van der Waals surface area contributed by atoms with Gasteiger partial charge < -0.3 is 9.47 Å². The van der Waals surface area contributed by atoms with Gasteiger partial charge >= 0.3 is 6.18 Å². The van der Waals surface area contributed by atoms with Gasteiger partial charge in [0, 0.05) is 30.9 Å². The predicted octanol–water partition coefficient (Wildman–Crippen LogP) is 2.59. The molecule has 4 rings (SSSR count). The van der Waals surface area contributed by atoms with E-state index in [9.17, 15) is 13.2 Å². The Hall–Kier alpha value is -2.12. The first-order valence-electron chi connectivity index (χ1n) is 7.22. The van der Waals surface area contributed by atoms with E-state index < -0.39 is 11.9 Å². The summed E-state index contributed by atoms with van der Waals surface area (Å²) in [4.78, 5) is 13.8. The first-order valence-corrected chi connectivity index (χ1v) is 7.22.